The number of aromatic nitrogens is 2. The minimum atomic E-state index is -0.373. The van der Waals surface area contributed by atoms with Gasteiger partial charge in [0.1, 0.15) is 15.5 Å². The van der Waals surface area contributed by atoms with E-state index in [1.807, 2.05) is 37.3 Å². The van der Waals surface area contributed by atoms with Gasteiger partial charge in [0.15, 0.2) is 0 Å². The highest BCUT2D eigenvalue weighted by atomic mass is 32.1. The average Bonchev–Trinajstić information content (AvgIpc) is 3.45. The molecular weight excluding hydrogens is 476 g/mol. The first-order valence-electron chi connectivity index (χ1n) is 11.8. The Bertz CT molecular complexity index is 1490. The number of benzene rings is 1. The maximum Gasteiger partial charge on any atom is 0.331 e. The molecule has 4 aromatic rings. The van der Waals surface area contributed by atoms with Crippen LogP contribution in [0, 0.1) is 6.92 Å². The van der Waals surface area contributed by atoms with Crippen molar-refractivity contribution in [1.29, 1.82) is 0 Å². The van der Waals surface area contributed by atoms with Crippen molar-refractivity contribution in [3.05, 3.63) is 65.3 Å². The quantitative estimate of drug-likeness (QED) is 0.351. The van der Waals surface area contributed by atoms with E-state index in [0.29, 0.717) is 38.4 Å². The fraction of sp³-hybridized carbons (Fsp3) is 0.231. The van der Waals surface area contributed by atoms with E-state index in [9.17, 15) is 9.59 Å². The van der Waals surface area contributed by atoms with Gasteiger partial charge in [0.05, 0.1) is 28.6 Å². The van der Waals surface area contributed by atoms with Gasteiger partial charge in [-0.3, -0.25) is 9.69 Å². The summed E-state index contributed by atoms with van der Waals surface area (Å²) in [6, 6.07) is 12.5. The fourth-order valence-electron chi connectivity index (χ4n) is 4.81. The third kappa shape index (κ3) is 3.84. The van der Waals surface area contributed by atoms with Gasteiger partial charge in [0.2, 0.25) is 5.88 Å². The first kappa shape index (κ1) is 22.4. The molecule has 1 fully saturated rings. The number of anilines is 3. The first-order valence-corrected chi connectivity index (χ1v) is 12.6. The number of nitrogens with one attached hydrogen (secondary N) is 2. The molecule has 6 rings (SSSR count). The second kappa shape index (κ2) is 8.89. The summed E-state index contributed by atoms with van der Waals surface area (Å²) in [4.78, 5) is 38.1. The summed E-state index contributed by atoms with van der Waals surface area (Å²) in [6.45, 7) is 1.90. The lowest BCUT2D eigenvalue weighted by Gasteiger charge is -2.29. The van der Waals surface area contributed by atoms with Crippen molar-refractivity contribution in [3.8, 4) is 11.6 Å². The Kier molecular flexibility index (Phi) is 5.54. The van der Waals surface area contributed by atoms with Crippen LogP contribution >= 0.6 is 11.3 Å². The van der Waals surface area contributed by atoms with Crippen molar-refractivity contribution in [3.63, 3.8) is 0 Å². The molecule has 1 aliphatic carbocycles. The van der Waals surface area contributed by atoms with Gasteiger partial charge in [0, 0.05) is 24.3 Å². The Morgan fingerprint density at radius 2 is 2.03 bits per heavy atom. The molecule has 0 spiro atoms. The van der Waals surface area contributed by atoms with Gasteiger partial charge in [-0.1, -0.05) is 18.2 Å². The second-order valence-electron chi connectivity index (χ2n) is 8.98. The zero-order valence-corrected chi connectivity index (χ0v) is 20.3. The lowest BCUT2D eigenvalue weighted by molar-refractivity contribution is 0.0939. The van der Waals surface area contributed by atoms with Crippen molar-refractivity contribution >= 4 is 50.6 Å². The fourth-order valence-corrected chi connectivity index (χ4v) is 5.83. The van der Waals surface area contributed by atoms with Crippen molar-refractivity contribution in [2.24, 2.45) is 5.73 Å². The normalized spacial score (nSPS) is 18.8. The molecule has 0 saturated heterocycles. The van der Waals surface area contributed by atoms with Crippen LogP contribution in [0.15, 0.2) is 54.9 Å². The van der Waals surface area contributed by atoms with Crippen molar-refractivity contribution < 1.29 is 14.3 Å². The summed E-state index contributed by atoms with van der Waals surface area (Å²) >= 11 is 1.26. The number of urea groups is 1. The number of hydrogen-bond acceptors (Lipinski definition) is 7. The van der Waals surface area contributed by atoms with Crippen molar-refractivity contribution in [1.82, 2.24) is 15.3 Å². The molecule has 9 nitrogen and oxygen atoms in total. The third-order valence-corrected chi connectivity index (χ3v) is 7.70. The zero-order valence-electron chi connectivity index (χ0n) is 19.5. The minimum Gasteiger partial charge on any atom is -0.439 e. The molecule has 4 heterocycles. The summed E-state index contributed by atoms with van der Waals surface area (Å²) in [5.74, 6) is 0.867. The summed E-state index contributed by atoms with van der Waals surface area (Å²) in [6.07, 6.45) is 6.00. The number of nitrogens with two attached hydrogens (primary N) is 1. The molecule has 1 aliphatic heterocycles. The Hall–Kier alpha value is -4.02. The number of aryl methyl sites for hydroxylation is 1. The van der Waals surface area contributed by atoms with E-state index in [0.717, 1.165) is 30.2 Å². The molecule has 182 valence electrons. The van der Waals surface area contributed by atoms with Crippen molar-refractivity contribution in [2.45, 2.75) is 38.3 Å². The summed E-state index contributed by atoms with van der Waals surface area (Å²) in [5.41, 5.74) is 8.69. The first-order chi connectivity index (χ1) is 17.5. The maximum absolute atomic E-state index is 13.4. The average molecular weight is 501 g/mol. The van der Waals surface area contributed by atoms with E-state index in [1.165, 1.54) is 11.3 Å². The molecule has 10 heteroatoms. The van der Waals surface area contributed by atoms with E-state index >= 15 is 0 Å². The number of carbonyl (C=O) groups excluding carboxylic acids is 2. The third-order valence-electron chi connectivity index (χ3n) is 6.60. The van der Waals surface area contributed by atoms with E-state index in [1.54, 1.807) is 29.4 Å². The van der Waals surface area contributed by atoms with Crippen LogP contribution in [0.25, 0.3) is 10.2 Å². The molecular formula is C26H24N6O3S. The van der Waals surface area contributed by atoms with Crippen LogP contribution in [0.5, 0.6) is 11.6 Å². The predicted molar refractivity (Wildman–Crippen MR) is 139 cm³/mol. The largest absolute Gasteiger partial charge is 0.439 e. The monoisotopic (exact) mass is 500 g/mol. The van der Waals surface area contributed by atoms with Gasteiger partial charge in [-0.25, -0.2) is 14.8 Å². The van der Waals surface area contributed by atoms with E-state index in [-0.39, 0.29) is 24.0 Å². The SMILES string of the molecule is Cc1cc(Oc2ccccc2)ncc1N1C(=O)Nc2c(C(=O)N[C@@H]3CCCC3N)sc3nccc1c23. The number of pyridine rings is 2. The number of nitrogens with zero attached hydrogens (tertiary/aromatic N) is 3. The molecule has 1 saturated carbocycles. The van der Waals surface area contributed by atoms with Gasteiger partial charge in [-0.15, -0.1) is 11.3 Å². The summed E-state index contributed by atoms with van der Waals surface area (Å²) in [5, 5.41) is 6.70. The van der Waals surface area contributed by atoms with Crippen LogP contribution in [0.2, 0.25) is 0 Å². The van der Waals surface area contributed by atoms with Gasteiger partial charge >= 0.3 is 6.03 Å². The van der Waals surface area contributed by atoms with Crippen LogP contribution in [-0.2, 0) is 0 Å². The molecule has 0 radical (unpaired) electrons. The van der Waals surface area contributed by atoms with Crippen LogP contribution in [-0.4, -0.2) is 34.0 Å². The van der Waals surface area contributed by atoms with Crippen LogP contribution in [0.3, 0.4) is 0 Å². The highest BCUT2D eigenvalue weighted by molar-refractivity contribution is 7.21. The van der Waals surface area contributed by atoms with E-state index < -0.39 is 0 Å². The van der Waals surface area contributed by atoms with E-state index in [4.69, 9.17) is 10.5 Å². The number of rotatable bonds is 5. The van der Waals surface area contributed by atoms with Gasteiger partial charge in [-0.2, -0.15) is 0 Å². The number of carbonyl (C=O) groups is 2. The number of thiophene rings is 1. The highest BCUT2D eigenvalue weighted by Gasteiger charge is 2.34. The molecule has 4 N–H and O–H groups in total. The van der Waals surface area contributed by atoms with Crippen molar-refractivity contribution in [2.75, 3.05) is 10.2 Å². The number of para-hydroxylation sites is 1. The molecule has 36 heavy (non-hydrogen) atoms. The van der Waals surface area contributed by atoms with Crippen LogP contribution < -0.4 is 26.0 Å². The standard InChI is InChI=1S/C26H24N6O3S/c1-14-12-20(35-15-6-3-2-4-7-15)29-13-19(14)32-18-10-11-28-25-21(18)22(31-26(32)34)23(36-25)24(33)30-17-9-5-8-16(17)27/h2-4,6-7,10-13,16-17H,5,8-9,27H2,1H3,(H,30,33)(H,31,34)/t16?,17-/m1/s1. The van der Waals surface area contributed by atoms with Crippen LogP contribution in [0.4, 0.5) is 21.9 Å². The molecule has 0 bridgehead atoms. The van der Waals surface area contributed by atoms with E-state index in [2.05, 4.69) is 20.6 Å². The van der Waals surface area contributed by atoms with Gasteiger partial charge in [-0.05, 0) is 49.9 Å². The lowest BCUT2D eigenvalue weighted by Crippen LogP contribution is -2.44. The molecule has 3 aromatic heterocycles. The number of amides is 3. The Labute approximate surface area is 211 Å². The molecule has 3 amide bonds. The molecule has 2 aliphatic rings. The molecule has 2 atom stereocenters. The van der Waals surface area contributed by atoms with Gasteiger partial charge < -0.3 is 21.1 Å². The molecule has 1 aromatic carbocycles. The highest BCUT2D eigenvalue weighted by Crippen LogP contribution is 2.46. The van der Waals surface area contributed by atoms with Crippen LogP contribution in [0.1, 0.15) is 34.5 Å². The second-order valence-corrected chi connectivity index (χ2v) is 9.98. The smallest absolute Gasteiger partial charge is 0.331 e. The lowest BCUT2D eigenvalue weighted by atomic mass is 10.1. The van der Waals surface area contributed by atoms with Gasteiger partial charge in [0.25, 0.3) is 5.91 Å². The summed E-state index contributed by atoms with van der Waals surface area (Å²) < 4.78 is 5.84. The predicted octanol–water partition coefficient (Wildman–Crippen LogP) is 5.09. The molecule has 1 unspecified atom stereocenters. The Balaban J connectivity index is 1.35. The number of hydrogen-bond donors (Lipinski definition) is 3. The summed E-state index contributed by atoms with van der Waals surface area (Å²) in [7, 11) is 0. The maximum atomic E-state index is 13.4. The number of ether oxygens (including phenoxy) is 1. The topological polar surface area (TPSA) is 122 Å². The Morgan fingerprint density at radius 3 is 2.78 bits per heavy atom. The Morgan fingerprint density at radius 1 is 1.19 bits per heavy atom. The zero-order chi connectivity index (χ0) is 24.8. The minimum absolute atomic E-state index is 0.0530.